The van der Waals surface area contributed by atoms with Crippen molar-refractivity contribution in [3.8, 4) is 0 Å². The molecule has 0 aliphatic rings. The maximum atomic E-state index is 13.1. The van der Waals surface area contributed by atoms with E-state index >= 15 is 0 Å². The first-order valence-electron chi connectivity index (χ1n) is 9.61. The zero-order chi connectivity index (χ0) is 20.9. The molecule has 0 unspecified atom stereocenters. The Morgan fingerprint density at radius 1 is 1.10 bits per heavy atom. The normalized spacial score (nSPS) is 11.0. The van der Waals surface area contributed by atoms with E-state index in [1.807, 2.05) is 60.8 Å². The van der Waals surface area contributed by atoms with Crippen LogP contribution in [0, 0.1) is 6.92 Å². The molecule has 5 nitrogen and oxygen atoms in total. The van der Waals surface area contributed by atoms with Crippen LogP contribution in [0.15, 0.2) is 76.0 Å². The summed E-state index contributed by atoms with van der Waals surface area (Å²) in [4.78, 5) is 31.4. The van der Waals surface area contributed by atoms with Gasteiger partial charge in [-0.3, -0.25) is 14.2 Å². The molecule has 7 heteroatoms. The van der Waals surface area contributed by atoms with Crippen molar-refractivity contribution in [2.24, 2.45) is 0 Å². The Morgan fingerprint density at radius 3 is 2.67 bits per heavy atom. The van der Waals surface area contributed by atoms with Crippen LogP contribution in [-0.4, -0.2) is 21.2 Å². The second kappa shape index (κ2) is 9.28. The van der Waals surface area contributed by atoms with Gasteiger partial charge in [-0.1, -0.05) is 47.7 Å². The molecule has 0 radical (unpaired) electrons. The minimum atomic E-state index is -0.129. The summed E-state index contributed by atoms with van der Waals surface area (Å²) in [5, 5.41) is 6.08. The summed E-state index contributed by atoms with van der Waals surface area (Å²) in [6, 6.07) is 19.1. The van der Waals surface area contributed by atoms with Gasteiger partial charge in [0, 0.05) is 17.1 Å². The number of thiophene rings is 1. The molecule has 2 aromatic heterocycles. The summed E-state index contributed by atoms with van der Waals surface area (Å²) in [6.07, 6.45) is 0.751. The van der Waals surface area contributed by atoms with Gasteiger partial charge in [-0.2, -0.15) is 0 Å². The number of nitrogens with zero attached hydrogens (tertiary/aromatic N) is 2. The fourth-order valence-corrected chi connectivity index (χ4v) is 4.62. The van der Waals surface area contributed by atoms with Gasteiger partial charge in [0.15, 0.2) is 5.16 Å². The van der Waals surface area contributed by atoms with E-state index in [-0.39, 0.29) is 17.2 Å². The van der Waals surface area contributed by atoms with E-state index in [1.54, 1.807) is 22.0 Å². The van der Waals surface area contributed by atoms with Crippen molar-refractivity contribution in [2.75, 3.05) is 11.1 Å². The smallest absolute Gasteiger partial charge is 0.262 e. The molecule has 0 bridgehead atoms. The zero-order valence-corrected chi connectivity index (χ0v) is 18.1. The predicted molar refractivity (Wildman–Crippen MR) is 125 cm³/mol. The van der Waals surface area contributed by atoms with E-state index in [2.05, 4.69) is 16.4 Å². The lowest BCUT2D eigenvalue weighted by molar-refractivity contribution is -0.113. The lowest BCUT2D eigenvalue weighted by Gasteiger charge is -2.13. The standard InChI is InChI=1S/C23H21N3O2S2/c1-16-8-10-17(11-9-16)24-21(27)15-30-23-25-20-7-3-2-6-19(20)22(28)26(23)13-12-18-5-4-14-29-18/h2-11,14H,12-13,15H2,1H3,(H,24,27). The van der Waals surface area contributed by atoms with Crippen LogP contribution in [0.2, 0.25) is 0 Å². The van der Waals surface area contributed by atoms with Gasteiger partial charge in [0.1, 0.15) is 0 Å². The molecule has 1 amide bonds. The number of hydrogen-bond acceptors (Lipinski definition) is 5. The van der Waals surface area contributed by atoms with Crippen LogP contribution in [0.1, 0.15) is 10.4 Å². The van der Waals surface area contributed by atoms with Crippen LogP contribution < -0.4 is 10.9 Å². The highest BCUT2D eigenvalue weighted by Gasteiger charge is 2.13. The van der Waals surface area contributed by atoms with Gasteiger partial charge >= 0.3 is 0 Å². The topological polar surface area (TPSA) is 64.0 Å². The number of aryl methyl sites for hydroxylation is 2. The highest BCUT2D eigenvalue weighted by atomic mass is 32.2. The summed E-state index contributed by atoms with van der Waals surface area (Å²) in [5.74, 6) is 0.0496. The number of hydrogen-bond donors (Lipinski definition) is 1. The van der Waals surface area contributed by atoms with E-state index in [0.717, 1.165) is 17.7 Å². The third-order valence-electron chi connectivity index (χ3n) is 4.66. The Hall–Kier alpha value is -2.90. The third-order valence-corrected chi connectivity index (χ3v) is 6.57. The van der Waals surface area contributed by atoms with E-state index in [9.17, 15) is 9.59 Å². The van der Waals surface area contributed by atoms with Crippen LogP contribution in [0.4, 0.5) is 5.69 Å². The first-order chi connectivity index (χ1) is 14.6. The Kier molecular flexibility index (Phi) is 6.30. The number of thioether (sulfide) groups is 1. The molecule has 2 heterocycles. The number of anilines is 1. The van der Waals surface area contributed by atoms with Crippen molar-refractivity contribution in [2.45, 2.75) is 25.0 Å². The molecule has 0 saturated carbocycles. The molecule has 0 spiro atoms. The van der Waals surface area contributed by atoms with Crippen molar-refractivity contribution in [1.82, 2.24) is 9.55 Å². The molecule has 0 saturated heterocycles. The molecular weight excluding hydrogens is 414 g/mol. The second-order valence-corrected chi connectivity index (χ2v) is 8.88. The molecule has 2 aromatic carbocycles. The molecule has 0 atom stereocenters. The molecule has 4 rings (SSSR count). The van der Waals surface area contributed by atoms with E-state index < -0.39 is 0 Å². The molecule has 0 fully saturated rings. The van der Waals surface area contributed by atoms with Crippen LogP contribution in [0.25, 0.3) is 10.9 Å². The Labute approximate surface area is 182 Å². The number of para-hydroxylation sites is 1. The van der Waals surface area contributed by atoms with Gasteiger partial charge < -0.3 is 5.32 Å². The second-order valence-electron chi connectivity index (χ2n) is 6.90. The molecular formula is C23H21N3O2S2. The SMILES string of the molecule is Cc1ccc(NC(=O)CSc2nc3ccccc3c(=O)n2CCc2cccs2)cc1. The average Bonchev–Trinajstić information content (AvgIpc) is 3.27. The van der Waals surface area contributed by atoms with E-state index in [4.69, 9.17) is 0 Å². The van der Waals surface area contributed by atoms with E-state index in [1.165, 1.54) is 16.6 Å². The summed E-state index contributed by atoms with van der Waals surface area (Å²) in [7, 11) is 0. The monoisotopic (exact) mass is 435 g/mol. The van der Waals surface area contributed by atoms with Crippen molar-refractivity contribution in [3.05, 3.63) is 86.8 Å². The lowest BCUT2D eigenvalue weighted by atomic mass is 10.2. The maximum absolute atomic E-state index is 13.1. The van der Waals surface area contributed by atoms with Crippen molar-refractivity contribution < 1.29 is 4.79 Å². The van der Waals surface area contributed by atoms with Crippen molar-refractivity contribution >= 4 is 45.6 Å². The zero-order valence-electron chi connectivity index (χ0n) is 16.5. The highest BCUT2D eigenvalue weighted by molar-refractivity contribution is 7.99. The molecule has 0 aliphatic heterocycles. The number of rotatable bonds is 7. The minimum absolute atomic E-state index is 0.0707. The number of aromatic nitrogens is 2. The Bertz CT molecular complexity index is 1220. The van der Waals surface area contributed by atoms with Crippen LogP contribution in [-0.2, 0) is 17.8 Å². The van der Waals surface area contributed by atoms with Gasteiger partial charge in [-0.25, -0.2) is 4.98 Å². The Balaban J connectivity index is 1.55. The Morgan fingerprint density at radius 2 is 1.90 bits per heavy atom. The van der Waals surface area contributed by atoms with Crippen LogP contribution >= 0.6 is 23.1 Å². The first-order valence-corrected chi connectivity index (χ1v) is 11.5. The first kappa shape index (κ1) is 20.4. The fourth-order valence-electron chi connectivity index (χ4n) is 3.10. The van der Waals surface area contributed by atoms with Gasteiger partial charge in [0.2, 0.25) is 5.91 Å². The summed E-state index contributed by atoms with van der Waals surface area (Å²) >= 11 is 2.96. The molecule has 1 N–H and O–H groups in total. The molecule has 30 heavy (non-hydrogen) atoms. The van der Waals surface area contributed by atoms with Gasteiger partial charge in [0.05, 0.1) is 16.7 Å². The van der Waals surface area contributed by atoms with Crippen LogP contribution in [0.3, 0.4) is 0 Å². The summed E-state index contributed by atoms with van der Waals surface area (Å²) < 4.78 is 1.69. The number of carbonyl (C=O) groups excluding carboxylic acids is 1. The number of carbonyl (C=O) groups is 1. The van der Waals surface area contributed by atoms with E-state index in [0.29, 0.717) is 22.6 Å². The van der Waals surface area contributed by atoms with Crippen LogP contribution in [0.5, 0.6) is 0 Å². The third kappa shape index (κ3) is 4.80. The molecule has 152 valence electrons. The summed E-state index contributed by atoms with van der Waals surface area (Å²) in [5.41, 5.74) is 2.47. The maximum Gasteiger partial charge on any atom is 0.262 e. The fraction of sp³-hybridized carbons (Fsp3) is 0.174. The van der Waals surface area contributed by atoms with Gasteiger partial charge in [0.25, 0.3) is 5.56 Å². The predicted octanol–water partition coefficient (Wildman–Crippen LogP) is 4.74. The quantitative estimate of drug-likeness (QED) is 0.336. The molecule has 4 aromatic rings. The number of amides is 1. The number of benzene rings is 2. The lowest BCUT2D eigenvalue weighted by Crippen LogP contribution is -2.25. The number of nitrogens with one attached hydrogen (secondary N) is 1. The van der Waals surface area contributed by atoms with Gasteiger partial charge in [-0.15, -0.1) is 11.3 Å². The largest absolute Gasteiger partial charge is 0.325 e. The summed E-state index contributed by atoms with van der Waals surface area (Å²) in [6.45, 7) is 2.53. The van der Waals surface area contributed by atoms with Gasteiger partial charge in [-0.05, 0) is 49.1 Å². The highest BCUT2D eigenvalue weighted by Crippen LogP contribution is 2.20. The average molecular weight is 436 g/mol. The number of fused-ring (bicyclic) bond motifs is 1. The molecule has 0 aliphatic carbocycles. The van der Waals surface area contributed by atoms with Crippen molar-refractivity contribution in [1.29, 1.82) is 0 Å². The van der Waals surface area contributed by atoms with Crippen molar-refractivity contribution in [3.63, 3.8) is 0 Å². The minimum Gasteiger partial charge on any atom is -0.325 e.